The van der Waals surface area contributed by atoms with Crippen molar-refractivity contribution in [3.63, 3.8) is 0 Å². The molecule has 164 valence electrons. The molecule has 1 aliphatic rings. The molecule has 0 saturated carbocycles. The maximum atomic E-state index is 12.1. The quantitative estimate of drug-likeness (QED) is 0.391. The number of likely N-dealkylation sites (tertiary alicyclic amines) is 1. The Morgan fingerprint density at radius 1 is 1.27 bits per heavy atom. The summed E-state index contributed by atoms with van der Waals surface area (Å²) >= 11 is 0. The lowest BCUT2D eigenvalue weighted by molar-refractivity contribution is -0.385. The Morgan fingerprint density at radius 3 is 2.50 bits per heavy atom. The normalized spacial score (nSPS) is 15.1. The fourth-order valence-corrected chi connectivity index (χ4v) is 2.95. The van der Waals surface area contributed by atoms with Crippen molar-refractivity contribution in [1.29, 1.82) is 0 Å². The number of nitrogens with zero attached hydrogens (tertiary/aromatic N) is 2. The highest BCUT2D eigenvalue weighted by Gasteiger charge is 2.26. The minimum absolute atomic E-state index is 0.00761. The topological polar surface area (TPSA) is 108 Å². The van der Waals surface area contributed by atoms with Crippen molar-refractivity contribution in [2.24, 2.45) is 5.92 Å². The molecule has 0 unspecified atom stereocenters. The molecule has 1 aromatic rings. The van der Waals surface area contributed by atoms with Gasteiger partial charge in [0.2, 0.25) is 0 Å². The Balaban J connectivity index is 1.96. The first-order valence-corrected chi connectivity index (χ1v) is 9.73. The molecule has 9 heteroatoms. The predicted molar refractivity (Wildman–Crippen MR) is 110 cm³/mol. The monoisotopic (exact) mass is 420 g/mol. The number of rotatable bonds is 6. The molecule has 1 heterocycles. The van der Waals surface area contributed by atoms with Crippen LogP contribution < -0.4 is 4.74 Å². The van der Waals surface area contributed by atoms with Gasteiger partial charge in [-0.05, 0) is 51.2 Å². The summed E-state index contributed by atoms with van der Waals surface area (Å²) in [5.74, 6) is -0.350. The van der Waals surface area contributed by atoms with E-state index in [2.05, 4.69) is 4.74 Å². The smallest absolute Gasteiger partial charge is 0.410 e. The fourth-order valence-electron chi connectivity index (χ4n) is 2.95. The van der Waals surface area contributed by atoms with Crippen LogP contribution in [-0.4, -0.2) is 54.3 Å². The summed E-state index contributed by atoms with van der Waals surface area (Å²) in [6.45, 7) is 6.32. The van der Waals surface area contributed by atoms with Crippen molar-refractivity contribution in [3.05, 3.63) is 40.0 Å². The van der Waals surface area contributed by atoms with Crippen molar-refractivity contribution >= 4 is 23.8 Å². The van der Waals surface area contributed by atoms with Crippen LogP contribution in [0.5, 0.6) is 5.75 Å². The summed E-state index contributed by atoms with van der Waals surface area (Å²) in [6, 6.07) is 4.55. The molecule has 9 nitrogen and oxygen atoms in total. The van der Waals surface area contributed by atoms with Crippen molar-refractivity contribution in [3.8, 4) is 5.75 Å². The summed E-state index contributed by atoms with van der Waals surface area (Å²) in [7, 11) is 1.21. The molecular weight excluding hydrogens is 392 g/mol. The fraction of sp³-hybridized carbons (Fsp3) is 0.524. The van der Waals surface area contributed by atoms with E-state index in [1.54, 1.807) is 11.0 Å². The van der Waals surface area contributed by atoms with Gasteiger partial charge in [0, 0.05) is 19.2 Å². The summed E-state index contributed by atoms with van der Waals surface area (Å²) in [5.41, 5.74) is -0.0857. The van der Waals surface area contributed by atoms with E-state index in [4.69, 9.17) is 9.47 Å². The van der Waals surface area contributed by atoms with Gasteiger partial charge in [-0.1, -0.05) is 18.2 Å². The first-order valence-electron chi connectivity index (χ1n) is 9.73. The molecule has 30 heavy (non-hydrogen) atoms. The number of methoxy groups -OCH3 is 1. The van der Waals surface area contributed by atoms with Gasteiger partial charge in [0.05, 0.1) is 12.0 Å². The van der Waals surface area contributed by atoms with E-state index in [1.807, 2.05) is 32.9 Å². The van der Waals surface area contributed by atoms with Crippen LogP contribution in [-0.2, 0) is 14.3 Å². The summed E-state index contributed by atoms with van der Waals surface area (Å²) in [6.07, 6.45) is 5.10. The maximum absolute atomic E-state index is 12.1. The molecule has 1 fully saturated rings. The minimum atomic E-state index is -0.619. The molecular formula is C21H28N2O7. The number of carbonyl (C=O) groups is 2. The highest BCUT2D eigenvalue weighted by Crippen LogP contribution is 2.29. The van der Waals surface area contributed by atoms with Gasteiger partial charge >= 0.3 is 17.7 Å². The molecule has 0 N–H and O–H groups in total. The predicted octanol–water partition coefficient (Wildman–Crippen LogP) is 3.81. The SMILES string of the molecule is COC(=O)COc1ccc(C=CC2CCN(C(=O)OC(C)(C)C)CC2)cc1[N+](=O)[O-]. The van der Waals surface area contributed by atoms with Gasteiger partial charge in [-0.15, -0.1) is 0 Å². The second kappa shape index (κ2) is 10.1. The number of hydrogen-bond donors (Lipinski definition) is 0. The Bertz CT molecular complexity index is 806. The third-order valence-corrected chi connectivity index (χ3v) is 4.51. The van der Waals surface area contributed by atoms with Gasteiger partial charge in [0.15, 0.2) is 12.4 Å². The zero-order valence-corrected chi connectivity index (χ0v) is 17.8. The molecule has 0 aliphatic carbocycles. The van der Waals surface area contributed by atoms with Crippen LogP contribution in [0.15, 0.2) is 24.3 Å². The molecule has 0 spiro atoms. The Kier molecular flexibility index (Phi) is 7.79. The second-order valence-electron chi connectivity index (χ2n) is 8.01. The lowest BCUT2D eigenvalue weighted by atomic mass is 9.96. The van der Waals surface area contributed by atoms with E-state index in [0.717, 1.165) is 12.8 Å². The number of benzene rings is 1. The van der Waals surface area contributed by atoms with Gasteiger partial charge in [0.25, 0.3) is 0 Å². The van der Waals surface area contributed by atoms with E-state index in [9.17, 15) is 19.7 Å². The average Bonchev–Trinajstić information content (AvgIpc) is 2.69. The zero-order valence-electron chi connectivity index (χ0n) is 17.8. The number of hydrogen-bond acceptors (Lipinski definition) is 7. The Labute approximate surface area is 175 Å². The first-order chi connectivity index (χ1) is 14.1. The van der Waals surface area contributed by atoms with Crippen LogP contribution in [0.4, 0.5) is 10.5 Å². The van der Waals surface area contributed by atoms with E-state index in [-0.39, 0.29) is 23.4 Å². The van der Waals surface area contributed by atoms with Crippen LogP contribution in [0.3, 0.4) is 0 Å². The molecule has 0 aromatic heterocycles. The zero-order chi connectivity index (χ0) is 22.3. The van der Waals surface area contributed by atoms with Crippen molar-refractivity contribution < 1.29 is 28.7 Å². The third-order valence-electron chi connectivity index (χ3n) is 4.51. The summed E-state index contributed by atoms with van der Waals surface area (Å²) < 4.78 is 15.0. The van der Waals surface area contributed by atoms with Crippen LogP contribution in [0.1, 0.15) is 39.2 Å². The third kappa shape index (κ3) is 7.06. The van der Waals surface area contributed by atoms with Crippen LogP contribution in [0.2, 0.25) is 0 Å². The standard InChI is InChI=1S/C21H28N2O7/c1-21(2,3)30-20(25)22-11-9-15(10-12-22)5-6-16-7-8-18(17(13-16)23(26)27)29-14-19(24)28-4/h5-8,13,15H,9-12,14H2,1-4H3. The lowest BCUT2D eigenvalue weighted by Crippen LogP contribution is -2.41. The molecule has 1 aromatic carbocycles. The van der Waals surface area contributed by atoms with E-state index < -0.39 is 23.1 Å². The van der Waals surface area contributed by atoms with Crippen LogP contribution in [0.25, 0.3) is 6.08 Å². The van der Waals surface area contributed by atoms with Gasteiger partial charge in [-0.25, -0.2) is 9.59 Å². The molecule has 1 amide bonds. The number of amides is 1. The largest absolute Gasteiger partial charge is 0.475 e. The van der Waals surface area contributed by atoms with Gasteiger partial charge in [0.1, 0.15) is 5.60 Å². The summed E-state index contributed by atoms with van der Waals surface area (Å²) in [4.78, 5) is 35.8. The highest BCUT2D eigenvalue weighted by molar-refractivity contribution is 5.71. The first kappa shape index (κ1) is 23.2. The van der Waals surface area contributed by atoms with Gasteiger partial charge in [-0.3, -0.25) is 10.1 Å². The highest BCUT2D eigenvalue weighted by atomic mass is 16.6. The number of allylic oxidation sites excluding steroid dienone is 1. The minimum Gasteiger partial charge on any atom is -0.475 e. The number of esters is 1. The summed E-state index contributed by atoms with van der Waals surface area (Å²) in [5, 5.41) is 11.3. The number of nitro benzene ring substituents is 1. The van der Waals surface area contributed by atoms with E-state index >= 15 is 0 Å². The van der Waals surface area contributed by atoms with Crippen molar-refractivity contribution in [2.45, 2.75) is 39.2 Å². The number of nitro groups is 1. The number of carbonyl (C=O) groups excluding carboxylic acids is 2. The molecule has 1 aliphatic heterocycles. The lowest BCUT2D eigenvalue weighted by Gasteiger charge is -2.32. The molecule has 2 rings (SSSR count). The van der Waals surface area contributed by atoms with Crippen molar-refractivity contribution in [2.75, 3.05) is 26.8 Å². The van der Waals surface area contributed by atoms with Crippen LogP contribution in [0, 0.1) is 16.0 Å². The van der Waals surface area contributed by atoms with Crippen molar-refractivity contribution in [1.82, 2.24) is 4.90 Å². The maximum Gasteiger partial charge on any atom is 0.410 e. The molecule has 0 bridgehead atoms. The number of piperidine rings is 1. The second-order valence-corrected chi connectivity index (χ2v) is 8.01. The molecule has 1 saturated heterocycles. The van der Waals surface area contributed by atoms with Crippen LogP contribution >= 0.6 is 0 Å². The molecule has 0 radical (unpaired) electrons. The number of ether oxygens (including phenoxy) is 3. The van der Waals surface area contributed by atoms with Gasteiger partial charge in [-0.2, -0.15) is 0 Å². The molecule has 0 atom stereocenters. The average molecular weight is 420 g/mol. The van der Waals surface area contributed by atoms with E-state index in [0.29, 0.717) is 18.7 Å². The Morgan fingerprint density at radius 2 is 1.93 bits per heavy atom. The van der Waals surface area contributed by atoms with E-state index in [1.165, 1.54) is 19.2 Å². The van der Waals surface area contributed by atoms with Gasteiger partial charge < -0.3 is 19.1 Å². The Hall–Kier alpha value is -3.10.